The van der Waals surface area contributed by atoms with E-state index in [4.69, 9.17) is 9.47 Å². The van der Waals surface area contributed by atoms with Crippen LogP contribution in [0.25, 0.3) is 0 Å². The monoisotopic (exact) mass is 385 g/mol. The minimum absolute atomic E-state index is 0.0177. The lowest BCUT2D eigenvalue weighted by Crippen LogP contribution is -2.32. The fourth-order valence-electron chi connectivity index (χ4n) is 3.85. The van der Waals surface area contributed by atoms with E-state index < -0.39 is 6.04 Å². The maximum absolute atomic E-state index is 13.1. The van der Waals surface area contributed by atoms with E-state index in [0.717, 1.165) is 25.7 Å². The number of phenolic OH excluding ortho intramolecular Hbond substituents is 1. The number of anilines is 1. The maximum Gasteiger partial charge on any atom is 0.338 e. The topological polar surface area (TPSA) is 111 Å². The van der Waals surface area contributed by atoms with Gasteiger partial charge in [-0.3, -0.25) is 0 Å². The molecule has 0 spiro atoms. The number of fused-ring (bicyclic) bond motifs is 1. The van der Waals surface area contributed by atoms with Crippen molar-refractivity contribution in [1.82, 2.24) is 20.2 Å². The SMILES string of the molecule is COc1cc([C@@H]2C(C(=O)OC3CCCCC3)=C(C)Nc3nnnn32)ccc1O. The summed E-state index contributed by atoms with van der Waals surface area (Å²) in [6.07, 6.45) is 5.04. The molecule has 1 atom stereocenters. The first kappa shape index (κ1) is 18.3. The van der Waals surface area contributed by atoms with Crippen molar-refractivity contribution in [3.63, 3.8) is 0 Å². The standard InChI is InChI=1S/C19H23N5O4/c1-11-16(18(26)28-13-6-4-3-5-7-13)17(24-19(20-11)21-22-23-24)12-8-9-14(25)15(10-12)27-2/h8-10,13,17,25H,3-7H2,1-2H3,(H,20,21,23)/t17-/m1/s1. The number of ether oxygens (including phenoxy) is 2. The maximum atomic E-state index is 13.1. The van der Waals surface area contributed by atoms with Gasteiger partial charge in [-0.1, -0.05) is 17.6 Å². The molecule has 148 valence electrons. The van der Waals surface area contributed by atoms with Gasteiger partial charge < -0.3 is 19.9 Å². The van der Waals surface area contributed by atoms with Crippen molar-refractivity contribution >= 4 is 11.9 Å². The predicted octanol–water partition coefficient (Wildman–Crippen LogP) is 2.55. The molecule has 1 saturated carbocycles. The molecule has 2 heterocycles. The van der Waals surface area contributed by atoms with Gasteiger partial charge in [0.2, 0.25) is 5.95 Å². The van der Waals surface area contributed by atoms with Gasteiger partial charge in [-0.15, -0.1) is 0 Å². The highest BCUT2D eigenvalue weighted by molar-refractivity contribution is 5.92. The smallest absolute Gasteiger partial charge is 0.338 e. The van der Waals surface area contributed by atoms with Gasteiger partial charge in [-0.25, -0.2) is 4.79 Å². The Kier molecular flexibility index (Phi) is 4.89. The summed E-state index contributed by atoms with van der Waals surface area (Å²) in [5.41, 5.74) is 1.79. The molecule has 1 aromatic heterocycles. The van der Waals surface area contributed by atoms with Crippen molar-refractivity contribution in [1.29, 1.82) is 0 Å². The quantitative estimate of drug-likeness (QED) is 0.773. The number of allylic oxidation sites excluding steroid dienone is 1. The second kappa shape index (κ2) is 7.49. The van der Waals surface area contributed by atoms with Crippen molar-refractivity contribution in [2.24, 2.45) is 0 Å². The Labute approximate surface area is 162 Å². The van der Waals surface area contributed by atoms with E-state index in [2.05, 4.69) is 20.8 Å². The van der Waals surface area contributed by atoms with Crippen LogP contribution in [0.2, 0.25) is 0 Å². The minimum atomic E-state index is -0.586. The summed E-state index contributed by atoms with van der Waals surface area (Å²) in [7, 11) is 1.48. The van der Waals surface area contributed by atoms with Crippen molar-refractivity contribution in [2.45, 2.75) is 51.2 Å². The fraction of sp³-hybridized carbons (Fsp3) is 0.474. The van der Waals surface area contributed by atoms with Crippen LogP contribution in [-0.2, 0) is 9.53 Å². The number of esters is 1. The van der Waals surface area contributed by atoms with Crippen LogP contribution in [0.1, 0.15) is 50.6 Å². The number of aromatic nitrogens is 4. The van der Waals surface area contributed by atoms with Crippen LogP contribution in [0, 0.1) is 0 Å². The lowest BCUT2D eigenvalue weighted by molar-refractivity contribution is -0.146. The number of carbonyl (C=O) groups is 1. The highest BCUT2D eigenvalue weighted by Crippen LogP contribution is 2.38. The van der Waals surface area contributed by atoms with E-state index in [1.54, 1.807) is 19.1 Å². The summed E-state index contributed by atoms with van der Waals surface area (Å²) in [6.45, 7) is 1.81. The van der Waals surface area contributed by atoms with Crippen LogP contribution in [0.15, 0.2) is 29.5 Å². The number of benzene rings is 1. The molecule has 1 aromatic carbocycles. The lowest BCUT2D eigenvalue weighted by Gasteiger charge is -2.29. The molecule has 28 heavy (non-hydrogen) atoms. The van der Waals surface area contributed by atoms with Crippen LogP contribution in [0.4, 0.5) is 5.95 Å². The third kappa shape index (κ3) is 3.28. The Morgan fingerprint density at radius 2 is 2.07 bits per heavy atom. The third-order valence-electron chi connectivity index (χ3n) is 5.28. The summed E-state index contributed by atoms with van der Waals surface area (Å²) in [6, 6.07) is 4.34. The van der Waals surface area contributed by atoms with E-state index in [-0.39, 0.29) is 17.8 Å². The molecular formula is C19H23N5O4. The molecular weight excluding hydrogens is 362 g/mol. The molecule has 2 aromatic rings. The number of tetrazole rings is 1. The Balaban J connectivity index is 1.73. The highest BCUT2D eigenvalue weighted by Gasteiger charge is 2.36. The summed E-state index contributed by atoms with van der Waals surface area (Å²) >= 11 is 0. The molecule has 4 rings (SSSR count). The van der Waals surface area contributed by atoms with Gasteiger partial charge >= 0.3 is 5.97 Å². The van der Waals surface area contributed by atoms with Gasteiger partial charge in [0.05, 0.1) is 12.7 Å². The molecule has 0 unspecified atom stereocenters. The van der Waals surface area contributed by atoms with Crippen LogP contribution >= 0.6 is 0 Å². The minimum Gasteiger partial charge on any atom is -0.504 e. The zero-order valence-corrected chi connectivity index (χ0v) is 15.9. The second-order valence-corrected chi connectivity index (χ2v) is 7.11. The Hall–Kier alpha value is -3.10. The number of nitrogens with zero attached hydrogens (tertiary/aromatic N) is 4. The number of aromatic hydroxyl groups is 1. The van der Waals surface area contributed by atoms with Crippen molar-refractivity contribution in [2.75, 3.05) is 12.4 Å². The Morgan fingerprint density at radius 3 is 2.82 bits per heavy atom. The third-order valence-corrected chi connectivity index (χ3v) is 5.28. The number of rotatable bonds is 4. The number of carbonyl (C=O) groups excluding carboxylic acids is 1. The zero-order valence-electron chi connectivity index (χ0n) is 15.9. The zero-order chi connectivity index (χ0) is 19.7. The van der Waals surface area contributed by atoms with Gasteiger partial charge in [0.15, 0.2) is 11.5 Å². The molecule has 0 radical (unpaired) electrons. The molecule has 1 aliphatic carbocycles. The first-order chi connectivity index (χ1) is 13.6. The number of methoxy groups -OCH3 is 1. The fourth-order valence-corrected chi connectivity index (χ4v) is 3.85. The number of nitrogens with one attached hydrogen (secondary N) is 1. The first-order valence-electron chi connectivity index (χ1n) is 9.42. The number of hydrogen-bond donors (Lipinski definition) is 2. The average molecular weight is 385 g/mol. The normalized spacial score (nSPS) is 19.7. The number of hydrogen-bond acceptors (Lipinski definition) is 8. The summed E-state index contributed by atoms with van der Waals surface area (Å²) in [4.78, 5) is 13.1. The van der Waals surface area contributed by atoms with Gasteiger partial charge in [0.1, 0.15) is 12.1 Å². The van der Waals surface area contributed by atoms with E-state index in [9.17, 15) is 9.90 Å². The highest BCUT2D eigenvalue weighted by atomic mass is 16.5. The molecule has 2 aliphatic rings. The van der Waals surface area contributed by atoms with Crippen molar-refractivity contribution < 1.29 is 19.4 Å². The van der Waals surface area contributed by atoms with Crippen molar-refractivity contribution in [3.8, 4) is 11.5 Å². The van der Waals surface area contributed by atoms with Gasteiger partial charge in [0.25, 0.3) is 0 Å². The van der Waals surface area contributed by atoms with Gasteiger partial charge in [-0.05, 0) is 60.7 Å². The molecule has 0 bridgehead atoms. The van der Waals surface area contributed by atoms with E-state index in [1.807, 2.05) is 0 Å². The summed E-state index contributed by atoms with van der Waals surface area (Å²) in [5.74, 6) is 0.381. The van der Waals surface area contributed by atoms with Crippen LogP contribution in [0.5, 0.6) is 11.5 Å². The Bertz CT molecular complexity index is 917. The second-order valence-electron chi connectivity index (χ2n) is 7.11. The van der Waals surface area contributed by atoms with Gasteiger partial charge in [0, 0.05) is 5.70 Å². The Morgan fingerprint density at radius 1 is 1.29 bits per heavy atom. The molecule has 1 aliphatic heterocycles. The van der Waals surface area contributed by atoms with Crippen LogP contribution in [-0.4, -0.2) is 44.5 Å². The van der Waals surface area contributed by atoms with E-state index in [1.165, 1.54) is 24.3 Å². The molecule has 9 heteroatoms. The molecule has 0 amide bonds. The van der Waals surface area contributed by atoms with Crippen molar-refractivity contribution in [3.05, 3.63) is 35.0 Å². The molecule has 1 fully saturated rings. The predicted molar refractivity (Wildman–Crippen MR) is 99.9 cm³/mol. The molecule has 0 saturated heterocycles. The average Bonchev–Trinajstić information content (AvgIpc) is 3.16. The van der Waals surface area contributed by atoms with E-state index >= 15 is 0 Å². The number of phenols is 1. The van der Waals surface area contributed by atoms with Crippen LogP contribution < -0.4 is 10.1 Å². The lowest BCUT2D eigenvalue weighted by atomic mass is 9.94. The first-order valence-corrected chi connectivity index (χ1v) is 9.42. The summed E-state index contributed by atoms with van der Waals surface area (Å²) in [5, 5.41) is 24.8. The largest absolute Gasteiger partial charge is 0.504 e. The van der Waals surface area contributed by atoms with Gasteiger partial charge in [-0.2, -0.15) is 4.68 Å². The molecule has 9 nitrogen and oxygen atoms in total. The molecule has 2 N–H and O–H groups in total. The van der Waals surface area contributed by atoms with Crippen LogP contribution in [0.3, 0.4) is 0 Å². The summed E-state index contributed by atoms with van der Waals surface area (Å²) < 4.78 is 12.6. The van der Waals surface area contributed by atoms with E-state index in [0.29, 0.717) is 28.5 Å².